The second-order valence-electron chi connectivity index (χ2n) is 6.71. The molecule has 1 aromatic heterocycles. The summed E-state index contributed by atoms with van der Waals surface area (Å²) in [6.45, 7) is 7.69. The Kier molecular flexibility index (Phi) is 8.91. The zero-order chi connectivity index (χ0) is 18.3. The number of amides is 1. The van der Waals surface area contributed by atoms with Crippen LogP contribution in [0, 0.1) is 5.41 Å². The van der Waals surface area contributed by atoms with Gasteiger partial charge in [-0.2, -0.15) is 0 Å². The molecule has 0 bridgehead atoms. The van der Waals surface area contributed by atoms with Crippen LogP contribution in [0.2, 0.25) is 0 Å². The number of carbonyl (C=O) groups is 1. The van der Waals surface area contributed by atoms with Crippen LogP contribution < -0.4 is 16.0 Å². The first-order chi connectivity index (χ1) is 12.0. The van der Waals surface area contributed by atoms with Gasteiger partial charge in [0.2, 0.25) is 5.91 Å². The van der Waals surface area contributed by atoms with E-state index in [-0.39, 0.29) is 29.9 Å². The average molecular weight is 471 g/mol. The maximum absolute atomic E-state index is 12.0. The number of nitrogens with one attached hydrogen (secondary N) is 4. The van der Waals surface area contributed by atoms with E-state index in [1.165, 1.54) is 10.9 Å². The predicted octanol–water partition coefficient (Wildman–Crippen LogP) is 2.66. The molecular formula is C19H30IN5O. The number of aromatic amines is 1. The van der Waals surface area contributed by atoms with E-state index in [4.69, 9.17) is 0 Å². The quantitative estimate of drug-likeness (QED) is 0.285. The van der Waals surface area contributed by atoms with Crippen molar-refractivity contribution >= 4 is 46.7 Å². The van der Waals surface area contributed by atoms with E-state index in [0.29, 0.717) is 19.0 Å². The van der Waals surface area contributed by atoms with Crippen molar-refractivity contribution in [2.45, 2.75) is 27.2 Å². The van der Waals surface area contributed by atoms with Crippen LogP contribution in [0.15, 0.2) is 35.5 Å². The molecule has 7 heteroatoms. The van der Waals surface area contributed by atoms with Gasteiger partial charge in [0.15, 0.2) is 5.96 Å². The number of carbonyl (C=O) groups excluding carboxylic acids is 1. The molecule has 0 saturated heterocycles. The van der Waals surface area contributed by atoms with Gasteiger partial charge in [0, 0.05) is 43.8 Å². The van der Waals surface area contributed by atoms with Gasteiger partial charge in [-0.25, -0.2) is 0 Å². The molecule has 6 nitrogen and oxygen atoms in total. The van der Waals surface area contributed by atoms with Gasteiger partial charge < -0.3 is 20.9 Å². The summed E-state index contributed by atoms with van der Waals surface area (Å²) in [5, 5.41) is 10.7. The van der Waals surface area contributed by atoms with E-state index in [9.17, 15) is 4.79 Å². The number of hydrogen-bond acceptors (Lipinski definition) is 2. The normalized spacial score (nSPS) is 11.8. The van der Waals surface area contributed by atoms with Crippen LogP contribution in [0.25, 0.3) is 10.9 Å². The van der Waals surface area contributed by atoms with Crippen LogP contribution in [-0.2, 0) is 11.2 Å². The lowest BCUT2D eigenvalue weighted by atomic mass is 9.92. The Hall–Kier alpha value is -1.77. The molecule has 0 fully saturated rings. The van der Waals surface area contributed by atoms with Crippen LogP contribution in [0.4, 0.5) is 0 Å². The van der Waals surface area contributed by atoms with Crippen molar-refractivity contribution in [2.75, 3.05) is 26.7 Å². The van der Waals surface area contributed by atoms with E-state index in [0.717, 1.165) is 18.5 Å². The van der Waals surface area contributed by atoms with E-state index >= 15 is 0 Å². The van der Waals surface area contributed by atoms with Crippen molar-refractivity contribution in [3.8, 4) is 0 Å². The van der Waals surface area contributed by atoms with Gasteiger partial charge in [0.1, 0.15) is 0 Å². The van der Waals surface area contributed by atoms with E-state index in [1.807, 2.05) is 26.8 Å². The highest BCUT2D eigenvalue weighted by Crippen LogP contribution is 2.17. The van der Waals surface area contributed by atoms with Gasteiger partial charge in [-0.05, 0) is 38.8 Å². The van der Waals surface area contributed by atoms with Crippen LogP contribution in [0.1, 0.15) is 26.3 Å². The lowest BCUT2D eigenvalue weighted by Gasteiger charge is -2.24. The highest BCUT2D eigenvalue weighted by atomic mass is 127. The number of rotatable bonds is 7. The molecule has 0 aliphatic carbocycles. The fourth-order valence-corrected chi connectivity index (χ4v) is 2.66. The molecule has 0 atom stereocenters. The monoisotopic (exact) mass is 471 g/mol. The third-order valence-electron chi connectivity index (χ3n) is 4.24. The van der Waals surface area contributed by atoms with Crippen LogP contribution in [-0.4, -0.2) is 43.5 Å². The number of aromatic nitrogens is 1. The minimum Gasteiger partial charge on any atom is -0.361 e. The first-order valence-electron chi connectivity index (χ1n) is 8.75. The van der Waals surface area contributed by atoms with Crippen molar-refractivity contribution < 1.29 is 4.79 Å². The van der Waals surface area contributed by atoms with Gasteiger partial charge in [0.25, 0.3) is 0 Å². The Bertz CT molecular complexity index is 738. The lowest BCUT2D eigenvalue weighted by molar-refractivity contribution is -0.128. The Balaban J connectivity index is 0.00000338. The predicted molar refractivity (Wildman–Crippen MR) is 119 cm³/mol. The zero-order valence-electron chi connectivity index (χ0n) is 16.0. The number of guanidine groups is 1. The minimum atomic E-state index is -0.496. The molecule has 144 valence electrons. The molecular weight excluding hydrogens is 441 g/mol. The molecule has 2 aromatic rings. The molecule has 1 heterocycles. The summed E-state index contributed by atoms with van der Waals surface area (Å²) >= 11 is 0. The number of nitrogens with zero attached hydrogens (tertiary/aromatic N) is 1. The molecule has 2 rings (SSSR count). The van der Waals surface area contributed by atoms with Crippen molar-refractivity contribution in [2.24, 2.45) is 10.4 Å². The summed E-state index contributed by atoms with van der Waals surface area (Å²) in [6.07, 6.45) is 2.95. The Morgan fingerprint density at radius 1 is 1.19 bits per heavy atom. The standard InChI is InChI=1S/C19H29N5O.HI/c1-5-21-17(25)19(2,3)13-24-18(20-4)22-11-10-14-12-23-16-9-7-6-8-15(14)16;/h6-9,12,23H,5,10-11,13H2,1-4H3,(H,21,25)(H2,20,22,24);1H. The van der Waals surface area contributed by atoms with Gasteiger partial charge in [-0.15, -0.1) is 24.0 Å². The maximum Gasteiger partial charge on any atom is 0.227 e. The molecule has 0 aliphatic heterocycles. The van der Waals surface area contributed by atoms with Crippen LogP contribution in [0.5, 0.6) is 0 Å². The van der Waals surface area contributed by atoms with E-state index in [2.05, 4.69) is 50.3 Å². The highest BCUT2D eigenvalue weighted by Gasteiger charge is 2.27. The van der Waals surface area contributed by atoms with Gasteiger partial charge in [-0.3, -0.25) is 9.79 Å². The largest absolute Gasteiger partial charge is 0.361 e. The van der Waals surface area contributed by atoms with E-state index < -0.39 is 5.41 Å². The first kappa shape index (κ1) is 22.3. The molecule has 4 N–H and O–H groups in total. The van der Waals surface area contributed by atoms with Gasteiger partial charge in [0.05, 0.1) is 5.41 Å². The minimum absolute atomic E-state index is 0. The molecule has 1 amide bonds. The smallest absolute Gasteiger partial charge is 0.227 e. The average Bonchev–Trinajstić information content (AvgIpc) is 3.01. The number of fused-ring (bicyclic) bond motifs is 1. The first-order valence-corrected chi connectivity index (χ1v) is 8.75. The number of aliphatic imine (C=N–C) groups is 1. The number of para-hydroxylation sites is 1. The summed E-state index contributed by atoms with van der Waals surface area (Å²) in [7, 11) is 1.74. The third kappa shape index (κ3) is 5.89. The van der Waals surface area contributed by atoms with Crippen molar-refractivity contribution in [1.29, 1.82) is 0 Å². The summed E-state index contributed by atoms with van der Waals surface area (Å²) in [4.78, 5) is 19.6. The number of hydrogen-bond donors (Lipinski definition) is 4. The molecule has 0 unspecified atom stereocenters. The number of benzene rings is 1. The van der Waals surface area contributed by atoms with Crippen molar-refractivity contribution in [3.05, 3.63) is 36.0 Å². The van der Waals surface area contributed by atoms with Crippen LogP contribution in [0.3, 0.4) is 0 Å². The fraction of sp³-hybridized carbons (Fsp3) is 0.474. The fourth-order valence-electron chi connectivity index (χ4n) is 2.66. The molecule has 0 spiro atoms. The molecule has 0 radical (unpaired) electrons. The summed E-state index contributed by atoms with van der Waals surface area (Å²) in [5.74, 6) is 0.744. The molecule has 26 heavy (non-hydrogen) atoms. The third-order valence-corrected chi connectivity index (χ3v) is 4.24. The van der Waals surface area contributed by atoms with E-state index in [1.54, 1.807) is 7.05 Å². The lowest BCUT2D eigenvalue weighted by Crippen LogP contribution is -2.48. The molecule has 1 aromatic carbocycles. The number of H-pyrrole nitrogens is 1. The topological polar surface area (TPSA) is 81.3 Å². The van der Waals surface area contributed by atoms with Gasteiger partial charge in [-0.1, -0.05) is 18.2 Å². The number of halogens is 1. The van der Waals surface area contributed by atoms with Crippen molar-refractivity contribution in [1.82, 2.24) is 20.9 Å². The summed E-state index contributed by atoms with van der Waals surface area (Å²) in [5.41, 5.74) is 1.94. The zero-order valence-corrected chi connectivity index (χ0v) is 18.3. The van der Waals surface area contributed by atoms with Gasteiger partial charge >= 0.3 is 0 Å². The van der Waals surface area contributed by atoms with Crippen LogP contribution >= 0.6 is 24.0 Å². The molecule has 0 aliphatic rings. The Morgan fingerprint density at radius 3 is 2.62 bits per heavy atom. The maximum atomic E-state index is 12.0. The molecule has 0 saturated carbocycles. The second-order valence-corrected chi connectivity index (χ2v) is 6.71. The van der Waals surface area contributed by atoms with Crippen molar-refractivity contribution in [3.63, 3.8) is 0 Å². The second kappa shape index (κ2) is 10.4. The summed E-state index contributed by atoms with van der Waals surface area (Å²) in [6, 6.07) is 8.29. The Morgan fingerprint density at radius 2 is 1.92 bits per heavy atom. The Labute approximate surface area is 172 Å². The highest BCUT2D eigenvalue weighted by molar-refractivity contribution is 14.0. The SMILES string of the molecule is CCNC(=O)C(C)(C)CNC(=NC)NCCc1c[nH]c2ccccc12.I. The summed E-state index contributed by atoms with van der Waals surface area (Å²) < 4.78 is 0.